The van der Waals surface area contributed by atoms with Gasteiger partial charge in [0.25, 0.3) is 5.91 Å². The molecule has 0 unspecified atom stereocenters. The van der Waals surface area contributed by atoms with E-state index in [2.05, 4.69) is 15.3 Å². The number of amides is 1. The topological polar surface area (TPSA) is 92.2 Å². The number of rotatable bonds is 5. The molecular formula is C12H15N3O3. The highest BCUT2D eigenvalue weighted by Crippen LogP contribution is 2.48. The van der Waals surface area contributed by atoms with Gasteiger partial charge >= 0.3 is 5.97 Å². The minimum atomic E-state index is -0.769. The van der Waals surface area contributed by atoms with E-state index in [9.17, 15) is 9.59 Å². The van der Waals surface area contributed by atoms with Gasteiger partial charge in [0.1, 0.15) is 11.5 Å². The standard InChI is InChI=1S/C12H15N3O3/c1-8-13-6-2-9(15-8)10(16)14-7-5-12(3-4-12)11(17)18/h2,6H,3-5,7H2,1H3,(H,14,16)(H,17,18). The molecule has 1 amide bonds. The first-order chi connectivity index (χ1) is 8.53. The molecule has 1 heterocycles. The van der Waals surface area contributed by atoms with Gasteiger partial charge in [-0.3, -0.25) is 9.59 Å². The molecule has 1 aliphatic carbocycles. The second-order valence-electron chi connectivity index (χ2n) is 4.58. The maximum Gasteiger partial charge on any atom is 0.309 e. The predicted octanol–water partition coefficient (Wildman–Crippen LogP) is 0.770. The molecule has 0 spiro atoms. The number of carboxylic acid groups (broad SMARTS) is 1. The zero-order chi connectivity index (χ0) is 13.2. The number of carbonyl (C=O) groups is 2. The fraction of sp³-hybridized carbons (Fsp3) is 0.500. The first kappa shape index (κ1) is 12.5. The van der Waals surface area contributed by atoms with E-state index < -0.39 is 11.4 Å². The van der Waals surface area contributed by atoms with Crippen LogP contribution in [-0.2, 0) is 4.79 Å². The van der Waals surface area contributed by atoms with Gasteiger partial charge < -0.3 is 10.4 Å². The molecule has 0 bridgehead atoms. The van der Waals surface area contributed by atoms with E-state index in [0.717, 1.165) is 0 Å². The maximum atomic E-state index is 11.7. The zero-order valence-corrected chi connectivity index (χ0v) is 10.1. The van der Waals surface area contributed by atoms with Gasteiger partial charge in [-0.25, -0.2) is 9.97 Å². The van der Waals surface area contributed by atoms with Crippen LogP contribution in [0.1, 0.15) is 35.6 Å². The van der Waals surface area contributed by atoms with Crippen LogP contribution in [-0.4, -0.2) is 33.5 Å². The van der Waals surface area contributed by atoms with Gasteiger partial charge in [0.15, 0.2) is 0 Å². The van der Waals surface area contributed by atoms with Crippen molar-refractivity contribution in [1.29, 1.82) is 0 Å². The third-order valence-electron chi connectivity index (χ3n) is 3.21. The predicted molar refractivity (Wildman–Crippen MR) is 63.0 cm³/mol. The Morgan fingerprint density at radius 1 is 1.50 bits per heavy atom. The van der Waals surface area contributed by atoms with Gasteiger partial charge in [0, 0.05) is 12.7 Å². The molecule has 6 heteroatoms. The molecule has 1 aromatic heterocycles. The molecule has 0 atom stereocenters. The Balaban J connectivity index is 1.84. The number of aromatic nitrogens is 2. The first-order valence-electron chi connectivity index (χ1n) is 5.85. The number of nitrogens with one attached hydrogen (secondary N) is 1. The van der Waals surface area contributed by atoms with E-state index >= 15 is 0 Å². The second-order valence-corrected chi connectivity index (χ2v) is 4.58. The van der Waals surface area contributed by atoms with Crippen LogP contribution in [0.2, 0.25) is 0 Å². The summed E-state index contributed by atoms with van der Waals surface area (Å²) in [5.41, 5.74) is -0.294. The normalized spacial score (nSPS) is 16.1. The average Bonchev–Trinajstić information content (AvgIpc) is 3.10. The van der Waals surface area contributed by atoms with E-state index in [4.69, 9.17) is 5.11 Å². The molecule has 0 aliphatic heterocycles. The van der Waals surface area contributed by atoms with Crippen LogP contribution in [0, 0.1) is 12.3 Å². The summed E-state index contributed by atoms with van der Waals surface area (Å²) in [5.74, 6) is -0.525. The van der Waals surface area contributed by atoms with Crippen LogP contribution in [0.25, 0.3) is 0 Å². The molecular weight excluding hydrogens is 234 g/mol. The summed E-state index contributed by atoms with van der Waals surface area (Å²) in [6.45, 7) is 2.06. The van der Waals surface area contributed by atoms with Crippen LogP contribution in [0.3, 0.4) is 0 Å². The summed E-state index contributed by atoms with van der Waals surface area (Å²) in [4.78, 5) is 30.6. The Hall–Kier alpha value is -1.98. The number of aliphatic carboxylic acids is 1. The van der Waals surface area contributed by atoms with Gasteiger partial charge in [-0.1, -0.05) is 0 Å². The molecule has 1 saturated carbocycles. The monoisotopic (exact) mass is 249 g/mol. The summed E-state index contributed by atoms with van der Waals surface area (Å²) in [6.07, 6.45) is 3.39. The van der Waals surface area contributed by atoms with Crippen molar-refractivity contribution in [2.75, 3.05) is 6.54 Å². The number of hydrogen-bond acceptors (Lipinski definition) is 4. The van der Waals surface area contributed by atoms with E-state index in [1.54, 1.807) is 6.92 Å². The Morgan fingerprint density at radius 2 is 2.22 bits per heavy atom. The fourth-order valence-corrected chi connectivity index (χ4v) is 1.81. The van der Waals surface area contributed by atoms with Crippen molar-refractivity contribution in [1.82, 2.24) is 15.3 Å². The lowest BCUT2D eigenvalue weighted by Crippen LogP contribution is -2.29. The van der Waals surface area contributed by atoms with Crippen LogP contribution in [0.4, 0.5) is 0 Å². The lowest BCUT2D eigenvalue weighted by atomic mass is 10.0. The molecule has 2 N–H and O–H groups in total. The molecule has 1 aromatic rings. The van der Waals surface area contributed by atoms with Crippen molar-refractivity contribution < 1.29 is 14.7 Å². The molecule has 0 saturated heterocycles. The summed E-state index contributed by atoms with van der Waals surface area (Å²) < 4.78 is 0. The smallest absolute Gasteiger partial charge is 0.309 e. The highest BCUT2D eigenvalue weighted by atomic mass is 16.4. The van der Waals surface area contributed by atoms with Gasteiger partial charge in [-0.05, 0) is 32.3 Å². The lowest BCUT2D eigenvalue weighted by molar-refractivity contribution is -0.143. The molecule has 18 heavy (non-hydrogen) atoms. The third-order valence-corrected chi connectivity index (χ3v) is 3.21. The molecule has 96 valence electrons. The summed E-state index contributed by atoms with van der Waals surface area (Å²) >= 11 is 0. The highest BCUT2D eigenvalue weighted by molar-refractivity contribution is 5.92. The SMILES string of the molecule is Cc1nccc(C(=O)NCCC2(C(=O)O)CC2)n1. The van der Waals surface area contributed by atoms with Crippen LogP contribution >= 0.6 is 0 Å². The maximum absolute atomic E-state index is 11.7. The van der Waals surface area contributed by atoms with Gasteiger partial charge in [0.2, 0.25) is 0 Å². The average molecular weight is 249 g/mol. The quantitative estimate of drug-likeness (QED) is 0.804. The Morgan fingerprint density at radius 3 is 2.78 bits per heavy atom. The zero-order valence-electron chi connectivity index (χ0n) is 10.1. The van der Waals surface area contributed by atoms with E-state index in [1.807, 2.05) is 0 Å². The Bertz CT molecular complexity index is 483. The Kier molecular flexibility index (Phi) is 3.27. The molecule has 0 radical (unpaired) electrons. The van der Waals surface area contributed by atoms with Crippen molar-refractivity contribution in [3.63, 3.8) is 0 Å². The number of nitrogens with zero attached hydrogens (tertiary/aromatic N) is 2. The van der Waals surface area contributed by atoms with Crippen LogP contribution in [0.5, 0.6) is 0 Å². The largest absolute Gasteiger partial charge is 0.481 e. The molecule has 1 aliphatic rings. The molecule has 0 aromatic carbocycles. The molecule has 6 nitrogen and oxygen atoms in total. The van der Waals surface area contributed by atoms with Gasteiger partial charge in [-0.15, -0.1) is 0 Å². The lowest BCUT2D eigenvalue weighted by Gasteiger charge is -2.10. The minimum absolute atomic E-state index is 0.290. The second kappa shape index (κ2) is 4.72. The van der Waals surface area contributed by atoms with Crippen molar-refractivity contribution >= 4 is 11.9 Å². The molecule has 2 rings (SSSR count). The number of aryl methyl sites for hydroxylation is 1. The van der Waals surface area contributed by atoms with Crippen molar-refractivity contribution in [2.24, 2.45) is 5.41 Å². The first-order valence-corrected chi connectivity index (χ1v) is 5.85. The van der Waals surface area contributed by atoms with Crippen molar-refractivity contribution in [2.45, 2.75) is 26.2 Å². The summed E-state index contributed by atoms with van der Waals surface area (Å²) in [7, 11) is 0. The van der Waals surface area contributed by atoms with Crippen LogP contribution in [0.15, 0.2) is 12.3 Å². The number of hydrogen-bond donors (Lipinski definition) is 2. The number of carbonyl (C=O) groups excluding carboxylic acids is 1. The van der Waals surface area contributed by atoms with Crippen LogP contribution < -0.4 is 5.32 Å². The van der Waals surface area contributed by atoms with E-state index in [0.29, 0.717) is 37.3 Å². The van der Waals surface area contributed by atoms with E-state index in [1.165, 1.54) is 12.3 Å². The highest BCUT2D eigenvalue weighted by Gasteiger charge is 2.49. The van der Waals surface area contributed by atoms with E-state index in [-0.39, 0.29) is 5.91 Å². The third kappa shape index (κ3) is 2.64. The van der Waals surface area contributed by atoms with Crippen molar-refractivity contribution in [3.8, 4) is 0 Å². The summed E-state index contributed by atoms with van der Waals surface area (Å²) in [5, 5.41) is 11.7. The van der Waals surface area contributed by atoms with Crippen molar-refractivity contribution in [3.05, 3.63) is 23.8 Å². The molecule has 1 fully saturated rings. The minimum Gasteiger partial charge on any atom is -0.481 e. The van der Waals surface area contributed by atoms with Gasteiger partial charge in [0.05, 0.1) is 5.41 Å². The number of carboxylic acids is 1. The fourth-order valence-electron chi connectivity index (χ4n) is 1.81. The Labute approximate surface area is 104 Å². The van der Waals surface area contributed by atoms with Gasteiger partial charge in [-0.2, -0.15) is 0 Å². The summed E-state index contributed by atoms with van der Waals surface area (Å²) in [6, 6.07) is 1.53.